The Kier molecular flexibility index (Phi) is 7.82. The van der Waals surface area contributed by atoms with Crippen LogP contribution in [0.2, 0.25) is 0 Å². The van der Waals surface area contributed by atoms with Crippen molar-refractivity contribution in [3.05, 3.63) is 0 Å². The van der Waals surface area contributed by atoms with Gasteiger partial charge >= 0.3 is 5.97 Å². The molecule has 0 aromatic rings. The molecule has 5 heteroatoms. The van der Waals surface area contributed by atoms with Gasteiger partial charge in [0.2, 0.25) is 5.91 Å². The molecule has 0 saturated heterocycles. The van der Waals surface area contributed by atoms with Gasteiger partial charge in [-0.25, -0.2) is 4.79 Å². The van der Waals surface area contributed by atoms with E-state index in [4.69, 9.17) is 6.42 Å². The Bertz CT molecular complexity index is 295. The molecule has 2 N–H and O–H groups in total. The molecular weight excluding hydrogens is 220 g/mol. The van der Waals surface area contributed by atoms with E-state index in [1.807, 2.05) is 13.8 Å². The van der Waals surface area contributed by atoms with E-state index in [0.29, 0.717) is 13.0 Å². The Morgan fingerprint density at radius 3 is 2.53 bits per heavy atom. The molecule has 1 amide bonds. The van der Waals surface area contributed by atoms with E-state index >= 15 is 0 Å². The van der Waals surface area contributed by atoms with Gasteiger partial charge in [0.05, 0.1) is 20.2 Å². The Morgan fingerprint density at radius 2 is 2.06 bits per heavy atom. The minimum absolute atomic E-state index is 0.0930. The van der Waals surface area contributed by atoms with E-state index < -0.39 is 12.0 Å². The zero-order valence-corrected chi connectivity index (χ0v) is 10.6. The highest BCUT2D eigenvalue weighted by atomic mass is 16.5. The van der Waals surface area contributed by atoms with Crippen molar-refractivity contribution in [2.24, 2.45) is 5.92 Å². The molecule has 0 aromatic carbocycles. The number of carbonyl (C=O) groups is 2. The highest BCUT2D eigenvalue weighted by Gasteiger charge is 2.22. The van der Waals surface area contributed by atoms with E-state index in [1.54, 1.807) is 0 Å². The molecule has 1 atom stereocenters. The predicted molar refractivity (Wildman–Crippen MR) is 65.1 cm³/mol. The van der Waals surface area contributed by atoms with Crippen LogP contribution >= 0.6 is 0 Å². The lowest BCUT2D eigenvalue weighted by Crippen LogP contribution is -2.45. The van der Waals surface area contributed by atoms with Gasteiger partial charge in [-0.1, -0.05) is 19.8 Å². The molecule has 0 spiro atoms. The number of esters is 1. The molecule has 0 heterocycles. The summed E-state index contributed by atoms with van der Waals surface area (Å²) >= 11 is 0. The van der Waals surface area contributed by atoms with Crippen LogP contribution in [-0.4, -0.2) is 38.1 Å². The molecule has 0 aliphatic heterocycles. The summed E-state index contributed by atoms with van der Waals surface area (Å²) in [7, 11) is 1.30. The fraction of sp³-hybridized carbons (Fsp3) is 0.667. The van der Waals surface area contributed by atoms with Crippen LogP contribution in [0.3, 0.4) is 0 Å². The first-order valence-corrected chi connectivity index (χ1v) is 5.52. The van der Waals surface area contributed by atoms with Crippen LogP contribution in [0.15, 0.2) is 0 Å². The van der Waals surface area contributed by atoms with E-state index in [9.17, 15) is 9.59 Å². The highest BCUT2D eigenvalue weighted by molar-refractivity contribution is 5.85. The molecule has 17 heavy (non-hydrogen) atoms. The van der Waals surface area contributed by atoms with Crippen molar-refractivity contribution < 1.29 is 14.3 Å². The SMILES string of the molecule is C#CCNCC(=O)NC(CC(C)C)C(=O)OC. The van der Waals surface area contributed by atoms with Crippen molar-refractivity contribution in [2.75, 3.05) is 20.2 Å². The van der Waals surface area contributed by atoms with E-state index in [0.717, 1.165) is 0 Å². The third-order valence-electron chi connectivity index (χ3n) is 2.04. The summed E-state index contributed by atoms with van der Waals surface area (Å²) in [4.78, 5) is 22.9. The number of terminal acetylenes is 1. The second-order valence-corrected chi connectivity index (χ2v) is 4.08. The van der Waals surface area contributed by atoms with Crippen molar-refractivity contribution in [3.63, 3.8) is 0 Å². The third kappa shape index (κ3) is 7.36. The summed E-state index contributed by atoms with van der Waals surface area (Å²) in [5.74, 6) is 1.96. The summed E-state index contributed by atoms with van der Waals surface area (Å²) in [5, 5.41) is 5.36. The Hall–Kier alpha value is -1.54. The van der Waals surface area contributed by atoms with Crippen molar-refractivity contribution in [1.82, 2.24) is 10.6 Å². The van der Waals surface area contributed by atoms with Crippen LogP contribution in [0, 0.1) is 18.3 Å². The number of nitrogens with one attached hydrogen (secondary N) is 2. The standard InChI is InChI=1S/C12H20N2O3/c1-5-6-13-8-11(15)14-10(7-9(2)3)12(16)17-4/h1,9-10,13H,6-8H2,2-4H3,(H,14,15). The highest BCUT2D eigenvalue weighted by Crippen LogP contribution is 2.05. The van der Waals surface area contributed by atoms with Crippen LogP contribution in [0.4, 0.5) is 0 Å². The third-order valence-corrected chi connectivity index (χ3v) is 2.04. The van der Waals surface area contributed by atoms with Gasteiger partial charge in [-0.05, 0) is 12.3 Å². The zero-order chi connectivity index (χ0) is 13.3. The predicted octanol–water partition coefficient (Wildman–Crippen LogP) is -0.0869. The molecule has 0 aromatic heterocycles. The van der Waals surface area contributed by atoms with Crippen molar-refractivity contribution in [1.29, 1.82) is 0 Å². The molecule has 0 aliphatic carbocycles. The Morgan fingerprint density at radius 1 is 1.41 bits per heavy atom. The summed E-state index contributed by atoms with van der Waals surface area (Å²) in [6.45, 7) is 4.35. The molecule has 0 aliphatic rings. The normalized spacial score (nSPS) is 11.7. The second kappa shape index (κ2) is 8.59. The molecule has 0 fully saturated rings. The van der Waals surface area contributed by atoms with Crippen molar-refractivity contribution >= 4 is 11.9 Å². The molecule has 96 valence electrons. The minimum atomic E-state index is -0.597. The topological polar surface area (TPSA) is 67.4 Å². The number of hydrogen-bond donors (Lipinski definition) is 2. The first-order valence-electron chi connectivity index (χ1n) is 5.52. The number of methoxy groups -OCH3 is 1. The molecule has 0 saturated carbocycles. The number of hydrogen-bond acceptors (Lipinski definition) is 4. The first kappa shape index (κ1) is 15.5. The van der Waals surface area contributed by atoms with Crippen LogP contribution in [0.5, 0.6) is 0 Å². The fourth-order valence-corrected chi connectivity index (χ4v) is 1.32. The Balaban J connectivity index is 4.19. The molecule has 5 nitrogen and oxygen atoms in total. The lowest BCUT2D eigenvalue weighted by atomic mass is 10.0. The largest absolute Gasteiger partial charge is 0.467 e. The van der Waals surface area contributed by atoms with E-state index in [1.165, 1.54) is 7.11 Å². The van der Waals surface area contributed by atoms with Gasteiger partial charge in [0.15, 0.2) is 0 Å². The molecule has 0 bridgehead atoms. The van der Waals surface area contributed by atoms with E-state index in [2.05, 4.69) is 21.3 Å². The smallest absolute Gasteiger partial charge is 0.328 e. The minimum Gasteiger partial charge on any atom is -0.467 e. The van der Waals surface area contributed by atoms with E-state index in [-0.39, 0.29) is 18.4 Å². The van der Waals surface area contributed by atoms with Gasteiger partial charge in [-0.2, -0.15) is 0 Å². The number of carbonyl (C=O) groups excluding carboxylic acids is 2. The quantitative estimate of drug-likeness (QED) is 0.371. The van der Waals surface area contributed by atoms with Gasteiger partial charge in [0.1, 0.15) is 6.04 Å². The van der Waals surface area contributed by atoms with Gasteiger partial charge < -0.3 is 10.1 Å². The summed E-state index contributed by atoms with van der Waals surface area (Å²) in [6.07, 6.45) is 5.58. The maximum atomic E-state index is 11.5. The lowest BCUT2D eigenvalue weighted by molar-refractivity contribution is -0.145. The molecule has 1 unspecified atom stereocenters. The van der Waals surface area contributed by atoms with Crippen LogP contribution in [0.1, 0.15) is 20.3 Å². The average molecular weight is 240 g/mol. The summed E-state index contributed by atoms with van der Waals surface area (Å²) in [5.41, 5.74) is 0. The molecule has 0 radical (unpaired) electrons. The summed E-state index contributed by atoms with van der Waals surface area (Å²) < 4.78 is 4.63. The maximum Gasteiger partial charge on any atom is 0.328 e. The second-order valence-electron chi connectivity index (χ2n) is 4.08. The number of amides is 1. The van der Waals surface area contributed by atoms with Crippen LogP contribution in [0.25, 0.3) is 0 Å². The number of ether oxygens (including phenoxy) is 1. The van der Waals surface area contributed by atoms with Gasteiger partial charge in [-0.15, -0.1) is 6.42 Å². The van der Waals surface area contributed by atoms with Crippen LogP contribution in [-0.2, 0) is 14.3 Å². The average Bonchev–Trinajstić information content (AvgIpc) is 2.27. The Labute approximate surface area is 102 Å². The van der Waals surface area contributed by atoms with Gasteiger partial charge in [-0.3, -0.25) is 10.1 Å². The fourth-order valence-electron chi connectivity index (χ4n) is 1.32. The van der Waals surface area contributed by atoms with Gasteiger partial charge in [0, 0.05) is 0 Å². The van der Waals surface area contributed by atoms with Crippen LogP contribution < -0.4 is 10.6 Å². The lowest BCUT2D eigenvalue weighted by Gasteiger charge is -2.18. The molecule has 0 rings (SSSR count). The molecular formula is C12H20N2O3. The zero-order valence-electron chi connectivity index (χ0n) is 10.6. The number of rotatable bonds is 7. The van der Waals surface area contributed by atoms with Gasteiger partial charge in [0.25, 0.3) is 0 Å². The first-order chi connectivity index (χ1) is 8.01. The van der Waals surface area contributed by atoms with Crippen molar-refractivity contribution in [2.45, 2.75) is 26.3 Å². The maximum absolute atomic E-state index is 11.5. The van der Waals surface area contributed by atoms with Crippen molar-refractivity contribution in [3.8, 4) is 12.3 Å². The monoisotopic (exact) mass is 240 g/mol. The summed E-state index contributed by atoms with van der Waals surface area (Å²) in [6, 6.07) is -0.597.